The molecule has 0 aliphatic carbocycles. The van der Waals surface area contributed by atoms with Gasteiger partial charge in [0.05, 0.1) is 11.4 Å². The van der Waals surface area contributed by atoms with E-state index in [0.717, 1.165) is 36.1 Å². The first-order valence-corrected chi connectivity index (χ1v) is 11.1. The van der Waals surface area contributed by atoms with Crippen LogP contribution in [0.25, 0.3) is 0 Å². The standard InChI is InChI=1S/C21H30BrN3O3/c1-21(2,3)28-20(27)24-10-8-16(9-11-24)23-17-6-4-5-7-18(17)25-14-15(13-22)12-19(25)26/h4-7,15-16,23H,8-14H2,1-3H3. The van der Waals surface area contributed by atoms with Crippen molar-refractivity contribution in [1.29, 1.82) is 0 Å². The highest BCUT2D eigenvalue weighted by Crippen LogP contribution is 2.33. The van der Waals surface area contributed by atoms with Gasteiger partial charge in [0.1, 0.15) is 5.60 Å². The van der Waals surface area contributed by atoms with Gasteiger partial charge in [-0.05, 0) is 51.7 Å². The number of hydrogen-bond acceptors (Lipinski definition) is 4. The average Bonchev–Trinajstić information content (AvgIpc) is 3.02. The van der Waals surface area contributed by atoms with Gasteiger partial charge in [-0.3, -0.25) is 4.79 Å². The molecule has 0 bridgehead atoms. The predicted molar refractivity (Wildman–Crippen MR) is 115 cm³/mol. The fourth-order valence-corrected chi connectivity index (χ4v) is 4.14. The highest BCUT2D eigenvalue weighted by molar-refractivity contribution is 9.09. The molecule has 2 heterocycles. The molecule has 1 N–H and O–H groups in total. The lowest BCUT2D eigenvalue weighted by atomic mass is 10.0. The molecule has 7 heteroatoms. The van der Waals surface area contributed by atoms with Crippen molar-refractivity contribution in [3.05, 3.63) is 24.3 Å². The number of para-hydroxylation sites is 2. The van der Waals surface area contributed by atoms with Crippen molar-refractivity contribution in [2.75, 3.05) is 35.2 Å². The number of rotatable bonds is 4. The molecule has 28 heavy (non-hydrogen) atoms. The first-order chi connectivity index (χ1) is 13.3. The van der Waals surface area contributed by atoms with Crippen LogP contribution < -0.4 is 10.2 Å². The lowest BCUT2D eigenvalue weighted by Gasteiger charge is -2.34. The monoisotopic (exact) mass is 451 g/mol. The van der Waals surface area contributed by atoms with Crippen molar-refractivity contribution in [3.8, 4) is 0 Å². The van der Waals surface area contributed by atoms with Crippen LogP contribution in [0, 0.1) is 5.92 Å². The van der Waals surface area contributed by atoms with E-state index in [-0.39, 0.29) is 18.0 Å². The Kier molecular flexibility index (Phi) is 6.53. The number of anilines is 2. The summed E-state index contributed by atoms with van der Waals surface area (Å²) in [6.45, 7) is 7.74. The number of hydrogen-bond donors (Lipinski definition) is 1. The number of benzene rings is 1. The first kappa shape index (κ1) is 21.0. The molecule has 2 amide bonds. The number of halogens is 1. The van der Waals surface area contributed by atoms with E-state index < -0.39 is 5.60 Å². The van der Waals surface area contributed by atoms with Crippen molar-refractivity contribution < 1.29 is 14.3 Å². The second-order valence-corrected chi connectivity index (χ2v) is 9.28. The zero-order valence-electron chi connectivity index (χ0n) is 16.9. The third kappa shape index (κ3) is 5.19. The maximum atomic E-state index is 12.4. The fraction of sp³-hybridized carbons (Fsp3) is 0.619. The molecule has 2 aliphatic rings. The van der Waals surface area contributed by atoms with E-state index in [1.807, 2.05) is 49.9 Å². The third-order valence-electron chi connectivity index (χ3n) is 5.12. The molecule has 0 saturated carbocycles. The van der Waals surface area contributed by atoms with Crippen LogP contribution in [0.2, 0.25) is 0 Å². The number of piperidine rings is 1. The quantitative estimate of drug-likeness (QED) is 0.695. The molecule has 1 aromatic rings. The second kappa shape index (κ2) is 8.72. The van der Waals surface area contributed by atoms with Gasteiger partial charge in [0.2, 0.25) is 5.91 Å². The number of nitrogens with zero attached hydrogens (tertiary/aromatic N) is 2. The maximum Gasteiger partial charge on any atom is 0.410 e. The first-order valence-electron chi connectivity index (χ1n) is 9.96. The highest BCUT2D eigenvalue weighted by Gasteiger charge is 2.32. The number of ether oxygens (including phenoxy) is 1. The van der Waals surface area contributed by atoms with Crippen molar-refractivity contribution >= 4 is 39.3 Å². The third-order valence-corrected chi connectivity index (χ3v) is 6.04. The summed E-state index contributed by atoms with van der Waals surface area (Å²) in [5, 5.41) is 4.44. The van der Waals surface area contributed by atoms with E-state index >= 15 is 0 Å². The second-order valence-electron chi connectivity index (χ2n) is 8.63. The van der Waals surface area contributed by atoms with Gasteiger partial charge in [-0.25, -0.2) is 4.79 Å². The van der Waals surface area contributed by atoms with Gasteiger partial charge in [0, 0.05) is 37.4 Å². The minimum atomic E-state index is -0.472. The Morgan fingerprint density at radius 3 is 2.54 bits per heavy atom. The Balaban J connectivity index is 1.60. The lowest BCUT2D eigenvalue weighted by Crippen LogP contribution is -2.44. The summed E-state index contributed by atoms with van der Waals surface area (Å²) in [4.78, 5) is 28.3. The SMILES string of the molecule is CC(C)(C)OC(=O)N1CCC(Nc2ccccc2N2CC(CBr)CC2=O)CC1. The average molecular weight is 452 g/mol. The molecule has 154 valence electrons. The normalized spacial score (nSPS) is 21.1. The van der Waals surface area contributed by atoms with Gasteiger partial charge in [-0.2, -0.15) is 0 Å². The molecule has 3 rings (SSSR count). The van der Waals surface area contributed by atoms with E-state index in [1.54, 1.807) is 4.90 Å². The summed E-state index contributed by atoms with van der Waals surface area (Å²) < 4.78 is 5.47. The molecule has 1 aromatic carbocycles. The van der Waals surface area contributed by atoms with Crippen LogP contribution in [-0.2, 0) is 9.53 Å². The molecular formula is C21H30BrN3O3. The molecule has 0 radical (unpaired) electrons. The Hall–Kier alpha value is -1.76. The van der Waals surface area contributed by atoms with Gasteiger partial charge in [-0.15, -0.1) is 0 Å². The van der Waals surface area contributed by atoms with E-state index in [0.29, 0.717) is 25.4 Å². The molecule has 2 saturated heterocycles. The van der Waals surface area contributed by atoms with E-state index in [4.69, 9.17) is 4.74 Å². The molecule has 1 unspecified atom stereocenters. The number of nitrogens with one attached hydrogen (secondary N) is 1. The largest absolute Gasteiger partial charge is 0.444 e. The maximum absolute atomic E-state index is 12.4. The van der Waals surface area contributed by atoms with Gasteiger partial charge in [-0.1, -0.05) is 28.1 Å². The summed E-state index contributed by atoms with van der Waals surface area (Å²) >= 11 is 3.50. The number of alkyl halides is 1. The number of carbonyl (C=O) groups excluding carboxylic acids is 2. The van der Waals surface area contributed by atoms with Gasteiger partial charge in [0.25, 0.3) is 0 Å². The molecule has 0 spiro atoms. The summed E-state index contributed by atoms with van der Waals surface area (Å²) in [6.07, 6.45) is 2.06. The van der Waals surface area contributed by atoms with Crippen LogP contribution >= 0.6 is 15.9 Å². The Morgan fingerprint density at radius 2 is 1.93 bits per heavy atom. The number of likely N-dealkylation sites (tertiary alicyclic amines) is 1. The topological polar surface area (TPSA) is 61.9 Å². The van der Waals surface area contributed by atoms with Gasteiger partial charge < -0.3 is 19.9 Å². The van der Waals surface area contributed by atoms with Crippen molar-refractivity contribution in [1.82, 2.24) is 4.90 Å². The van der Waals surface area contributed by atoms with Crippen molar-refractivity contribution in [2.24, 2.45) is 5.92 Å². The van der Waals surface area contributed by atoms with E-state index in [9.17, 15) is 9.59 Å². The van der Waals surface area contributed by atoms with Crippen LogP contribution in [0.15, 0.2) is 24.3 Å². The molecular weight excluding hydrogens is 422 g/mol. The van der Waals surface area contributed by atoms with Crippen LogP contribution in [-0.4, -0.2) is 53.5 Å². The minimum Gasteiger partial charge on any atom is -0.444 e. The highest BCUT2D eigenvalue weighted by atomic mass is 79.9. The van der Waals surface area contributed by atoms with E-state index in [2.05, 4.69) is 21.2 Å². The summed E-state index contributed by atoms with van der Waals surface area (Å²) in [5.74, 6) is 0.538. The lowest BCUT2D eigenvalue weighted by molar-refractivity contribution is -0.117. The Labute approximate surface area is 175 Å². The summed E-state index contributed by atoms with van der Waals surface area (Å²) in [6, 6.07) is 8.27. The van der Waals surface area contributed by atoms with Crippen molar-refractivity contribution in [3.63, 3.8) is 0 Å². The summed E-state index contributed by atoms with van der Waals surface area (Å²) in [7, 11) is 0. The van der Waals surface area contributed by atoms with Crippen LogP contribution in [0.4, 0.5) is 16.2 Å². The smallest absolute Gasteiger partial charge is 0.410 e. The Morgan fingerprint density at radius 1 is 1.25 bits per heavy atom. The van der Waals surface area contributed by atoms with Gasteiger partial charge in [0.15, 0.2) is 0 Å². The molecule has 6 nitrogen and oxygen atoms in total. The number of amides is 2. The fourth-order valence-electron chi connectivity index (χ4n) is 3.70. The van der Waals surface area contributed by atoms with Crippen LogP contribution in [0.3, 0.4) is 0 Å². The van der Waals surface area contributed by atoms with E-state index in [1.165, 1.54) is 0 Å². The molecule has 2 aliphatic heterocycles. The predicted octanol–water partition coefficient (Wildman–Crippen LogP) is 4.25. The Bertz CT molecular complexity index is 711. The van der Waals surface area contributed by atoms with Crippen LogP contribution in [0.5, 0.6) is 0 Å². The van der Waals surface area contributed by atoms with Gasteiger partial charge >= 0.3 is 6.09 Å². The van der Waals surface area contributed by atoms with Crippen molar-refractivity contribution in [2.45, 2.75) is 51.7 Å². The number of carbonyl (C=O) groups is 2. The minimum absolute atomic E-state index is 0.179. The molecule has 0 aromatic heterocycles. The zero-order valence-corrected chi connectivity index (χ0v) is 18.5. The zero-order chi connectivity index (χ0) is 20.3. The summed E-state index contributed by atoms with van der Waals surface area (Å²) in [5.41, 5.74) is 1.47. The molecule has 1 atom stereocenters. The van der Waals surface area contributed by atoms with Crippen LogP contribution in [0.1, 0.15) is 40.0 Å². The molecule has 2 fully saturated rings.